The van der Waals surface area contributed by atoms with E-state index in [9.17, 15) is 14.0 Å². The van der Waals surface area contributed by atoms with Crippen molar-refractivity contribution in [2.24, 2.45) is 5.41 Å². The third-order valence-electron chi connectivity index (χ3n) is 6.25. The number of benzene rings is 2. The highest BCUT2D eigenvalue weighted by Crippen LogP contribution is 2.47. The maximum atomic E-state index is 13.1. The molecule has 0 saturated heterocycles. The summed E-state index contributed by atoms with van der Waals surface area (Å²) in [5.41, 5.74) is 1.41. The summed E-state index contributed by atoms with van der Waals surface area (Å²) in [6, 6.07) is 15.8. The van der Waals surface area contributed by atoms with E-state index in [2.05, 4.69) is 20.7 Å². The first kappa shape index (κ1) is 25.8. The first-order valence-electron chi connectivity index (χ1n) is 12.4. The summed E-state index contributed by atoms with van der Waals surface area (Å²) in [5, 5.41) is 18.7. The number of nitrogens with one attached hydrogen (secondary N) is 2. The normalized spacial score (nSPS) is 13.7. The molecule has 0 atom stereocenters. The van der Waals surface area contributed by atoms with Crippen LogP contribution >= 0.6 is 0 Å². The molecule has 39 heavy (non-hydrogen) atoms. The molecule has 9 nitrogen and oxygen atoms in total. The van der Waals surface area contributed by atoms with E-state index in [1.807, 2.05) is 18.3 Å². The van der Waals surface area contributed by atoms with Crippen LogP contribution in [0.1, 0.15) is 24.1 Å². The fraction of sp³-hybridized carbons (Fsp3) is 0.172. The molecule has 2 heterocycles. The lowest BCUT2D eigenvalue weighted by Gasteiger charge is -2.16. The number of halogens is 1. The van der Waals surface area contributed by atoms with Gasteiger partial charge in [0.1, 0.15) is 22.7 Å². The van der Waals surface area contributed by atoms with Gasteiger partial charge in [-0.25, -0.2) is 4.39 Å². The van der Waals surface area contributed by atoms with Crippen molar-refractivity contribution in [1.82, 2.24) is 14.8 Å². The van der Waals surface area contributed by atoms with Crippen molar-refractivity contribution in [1.29, 1.82) is 0 Å². The SMILES string of the molecule is O=C(Nc1ccc(F)cc1)C1(C(=O)Nc2ccc(Oc3ccnc(/C=C/c4cnn(CCO)c4)c3)cc2)CC1. The summed E-state index contributed by atoms with van der Waals surface area (Å²) in [5.74, 6) is -0.0436. The lowest BCUT2D eigenvalue weighted by atomic mass is 10.0. The van der Waals surface area contributed by atoms with E-state index < -0.39 is 17.1 Å². The van der Waals surface area contributed by atoms with Crippen LogP contribution in [0.15, 0.2) is 79.3 Å². The molecule has 0 spiro atoms. The average molecular weight is 528 g/mol. The van der Waals surface area contributed by atoms with Crippen molar-refractivity contribution in [2.45, 2.75) is 19.4 Å². The Morgan fingerprint density at radius 3 is 2.28 bits per heavy atom. The van der Waals surface area contributed by atoms with Crippen LogP contribution in [0.2, 0.25) is 0 Å². The molecule has 0 radical (unpaired) electrons. The van der Waals surface area contributed by atoms with E-state index in [-0.39, 0.29) is 12.5 Å². The quantitative estimate of drug-likeness (QED) is 0.257. The second-order valence-electron chi connectivity index (χ2n) is 9.13. The van der Waals surface area contributed by atoms with Gasteiger partial charge in [0.2, 0.25) is 11.8 Å². The van der Waals surface area contributed by atoms with E-state index >= 15 is 0 Å². The van der Waals surface area contributed by atoms with E-state index in [1.54, 1.807) is 53.5 Å². The van der Waals surface area contributed by atoms with Crippen LogP contribution in [-0.2, 0) is 16.1 Å². The maximum Gasteiger partial charge on any atom is 0.240 e. The van der Waals surface area contributed by atoms with E-state index in [4.69, 9.17) is 9.84 Å². The molecule has 0 aliphatic heterocycles. The zero-order valence-electron chi connectivity index (χ0n) is 20.9. The monoisotopic (exact) mass is 527 g/mol. The van der Waals surface area contributed by atoms with Crippen LogP contribution in [-0.4, -0.2) is 38.3 Å². The fourth-order valence-corrected chi connectivity index (χ4v) is 3.91. The Hall–Kier alpha value is -4.83. The Morgan fingerprint density at radius 1 is 0.974 bits per heavy atom. The predicted octanol–water partition coefficient (Wildman–Crippen LogP) is 4.73. The standard InChI is InChI=1S/C29H26FN5O4/c30-21-2-5-22(6-3-21)33-27(37)29(12-13-29)28(38)34-23-7-9-25(10-8-23)39-26-11-14-31-24(17-26)4-1-20-18-32-35(19-20)15-16-36/h1-11,14,17-19,36H,12-13,15-16H2,(H,33,37)(H,34,38)/b4-1+. The molecule has 1 saturated carbocycles. The van der Waals surface area contributed by atoms with Crippen molar-refractivity contribution in [3.8, 4) is 11.5 Å². The second-order valence-corrected chi connectivity index (χ2v) is 9.13. The molecular formula is C29H26FN5O4. The van der Waals surface area contributed by atoms with Gasteiger partial charge in [0, 0.05) is 35.4 Å². The summed E-state index contributed by atoms with van der Waals surface area (Å²) < 4.78 is 20.7. The number of ether oxygens (including phenoxy) is 1. The molecule has 4 aromatic rings. The minimum atomic E-state index is -1.14. The van der Waals surface area contributed by atoms with Crippen molar-refractivity contribution in [3.05, 3.63) is 96.3 Å². The predicted molar refractivity (Wildman–Crippen MR) is 144 cm³/mol. The van der Waals surface area contributed by atoms with E-state index in [1.165, 1.54) is 24.3 Å². The van der Waals surface area contributed by atoms with E-state index in [0.717, 1.165) is 5.56 Å². The number of carbonyl (C=O) groups is 2. The summed E-state index contributed by atoms with van der Waals surface area (Å²) in [4.78, 5) is 30.0. The molecule has 2 amide bonds. The van der Waals surface area contributed by atoms with Crippen molar-refractivity contribution >= 4 is 35.3 Å². The van der Waals surface area contributed by atoms with Gasteiger partial charge >= 0.3 is 0 Å². The first-order valence-corrected chi connectivity index (χ1v) is 12.4. The highest BCUT2D eigenvalue weighted by Gasteiger charge is 2.56. The number of aliphatic hydroxyl groups excluding tert-OH is 1. The fourth-order valence-electron chi connectivity index (χ4n) is 3.91. The van der Waals surface area contributed by atoms with Crippen LogP contribution in [0.3, 0.4) is 0 Å². The number of aliphatic hydroxyl groups is 1. The van der Waals surface area contributed by atoms with Crippen LogP contribution in [0.5, 0.6) is 11.5 Å². The third-order valence-corrected chi connectivity index (χ3v) is 6.25. The van der Waals surface area contributed by atoms with Crippen LogP contribution in [0.25, 0.3) is 12.2 Å². The molecule has 0 unspecified atom stereocenters. The van der Waals surface area contributed by atoms with Gasteiger partial charge in [-0.1, -0.05) is 0 Å². The van der Waals surface area contributed by atoms with Gasteiger partial charge in [0.15, 0.2) is 0 Å². The average Bonchev–Trinajstić information content (AvgIpc) is 3.64. The molecule has 3 N–H and O–H groups in total. The zero-order valence-corrected chi connectivity index (χ0v) is 20.9. The molecule has 2 aromatic carbocycles. The summed E-state index contributed by atoms with van der Waals surface area (Å²) in [6.45, 7) is 0.460. The largest absolute Gasteiger partial charge is 0.457 e. The van der Waals surface area contributed by atoms with Crippen LogP contribution < -0.4 is 15.4 Å². The summed E-state index contributed by atoms with van der Waals surface area (Å²) >= 11 is 0. The molecule has 1 fully saturated rings. The van der Waals surface area contributed by atoms with Gasteiger partial charge in [-0.2, -0.15) is 5.10 Å². The molecule has 2 aromatic heterocycles. The Morgan fingerprint density at radius 2 is 1.64 bits per heavy atom. The number of aromatic nitrogens is 3. The minimum Gasteiger partial charge on any atom is -0.457 e. The number of pyridine rings is 1. The highest BCUT2D eigenvalue weighted by molar-refractivity contribution is 6.16. The minimum absolute atomic E-state index is 0.0237. The molecule has 5 rings (SSSR count). The van der Waals surface area contributed by atoms with Crippen LogP contribution in [0, 0.1) is 11.2 Å². The van der Waals surface area contributed by atoms with Crippen molar-refractivity contribution in [2.75, 3.05) is 17.2 Å². The molecular weight excluding hydrogens is 501 g/mol. The lowest BCUT2D eigenvalue weighted by molar-refractivity contribution is -0.131. The second kappa shape index (κ2) is 11.3. The van der Waals surface area contributed by atoms with Gasteiger partial charge in [-0.05, 0) is 79.6 Å². The Balaban J connectivity index is 1.17. The van der Waals surface area contributed by atoms with Crippen molar-refractivity contribution < 1.29 is 23.8 Å². The molecule has 1 aliphatic rings. The molecule has 0 bridgehead atoms. The summed E-state index contributed by atoms with van der Waals surface area (Å²) in [7, 11) is 0. The first-order chi connectivity index (χ1) is 18.9. The van der Waals surface area contributed by atoms with Gasteiger partial charge < -0.3 is 20.5 Å². The van der Waals surface area contributed by atoms with Gasteiger partial charge in [0.05, 0.1) is 25.0 Å². The number of anilines is 2. The maximum absolute atomic E-state index is 13.1. The zero-order chi connectivity index (χ0) is 27.2. The molecule has 198 valence electrons. The molecule has 1 aliphatic carbocycles. The number of carbonyl (C=O) groups excluding carboxylic acids is 2. The highest BCUT2D eigenvalue weighted by atomic mass is 19.1. The Bertz CT molecular complexity index is 1490. The third kappa shape index (κ3) is 6.36. The van der Waals surface area contributed by atoms with Gasteiger partial charge in [-0.15, -0.1) is 0 Å². The molecule has 10 heteroatoms. The Kier molecular flexibility index (Phi) is 7.46. The smallest absolute Gasteiger partial charge is 0.240 e. The number of amides is 2. The Labute approximate surface area is 224 Å². The number of hydrogen-bond donors (Lipinski definition) is 3. The number of rotatable bonds is 10. The topological polar surface area (TPSA) is 118 Å². The number of nitrogens with zero attached hydrogens (tertiary/aromatic N) is 3. The lowest BCUT2D eigenvalue weighted by Crippen LogP contribution is -2.35. The van der Waals surface area contributed by atoms with E-state index in [0.29, 0.717) is 48.0 Å². The van der Waals surface area contributed by atoms with Gasteiger partial charge in [0.25, 0.3) is 0 Å². The van der Waals surface area contributed by atoms with Crippen molar-refractivity contribution in [3.63, 3.8) is 0 Å². The summed E-state index contributed by atoms with van der Waals surface area (Å²) in [6.07, 6.45) is 9.77. The van der Waals surface area contributed by atoms with Crippen LogP contribution in [0.4, 0.5) is 15.8 Å². The van der Waals surface area contributed by atoms with Gasteiger partial charge in [-0.3, -0.25) is 19.3 Å². The number of hydrogen-bond acceptors (Lipinski definition) is 6.